The van der Waals surface area contributed by atoms with Crippen molar-refractivity contribution < 1.29 is 0 Å². The molecule has 0 unspecified atom stereocenters. The molecule has 9 aromatic carbocycles. The van der Waals surface area contributed by atoms with E-state index in [1.54, 1.807) is 0 Å². The summed E-state index contributed by atoms with van der Waals surface area (Å²) >= 11 is 0. The SMILES string of the molecule is Cc1ccc(-c2ccc3c(c2)c2ccccc2n3-c2ccncc2-c2cc(-c3nc(-c4ccccc4)nc(-c4ccccc4)n3)ccc2-n2c3ccccc3c3cc(-c4ccc(C)cc4)ccc32)cc1. The summed E-state index contributed by atoms with van der Waals surface area (Å²) in [6.45, 7) is 4.26. The summed E-state index contributed by atoms with van der Waals surface area (Å²) in [5.41, 5.74) is 18.3. The number of hydrogen-bond acceptors (Lipinski definition) is 4. The van der Waals surface area contributed by atoms with Crippen LogP contribution in [-0.2, 0) is 0 Å². The van der Waals surface area contributed by atoms with Gasteiger partial charge in [0.05, 0.1) is 33.4 Å². The molecule has 0 aliphatic heterocycles. The third-order valence-corrected chi connectivity index (χ3v) is 13.6. The molecule has 0 spiro atoms. The van der Waals surface area contributed by atoms with Crippen LogP contribution in [0, 0.1) is 13.8 Å². The van der Waals surface area contributed by atoms with Crippen molar-refractivity contribution in [3.8, 4) is 78.9 Å². The lowest BCUT2D eigenvalue weighted by atomic mass is 9.99. The first kappa shape index (κ1) is 41.0. The first-order valence-electron chi connectivity index (χ1n) is 23.7. The molecule has 6 heteroatoms. The number of aryl methyl sites for hydroxylation is 2. The Morgan fingerprint density at radius 3 is 1.23 bits per heavy atom. The highest BCUT2D eigenvalue weighted by atomic mass is 15.0. The fourth-order valence-corrected chi connectivity index (χ4v) is 10.1. The zero-order chi connectivity index (χ0) is 46.7. The minimum atomic E-state index is 0.580. The Morgan fingerprint density at radius 2 is 0.714 bits per heavy atom. The molecule has 0 bridgehead atoms. The molecule has 0 atom stereocenters. The summed E-state index contributed by atoms with van der Waals surface area (Å²) in [6, 6.07) is 77.8. The molecule has 13 aromatic rings. The average Bonchev–Trinajstić information content (AvgIpc) is 3.93. The zero-order valence-corrected chi connectivity index (χ0v) is 38.6. The van der Waals surface area contributed by atoms with Crippen LogP contribution in [0.5, 0.6) is 0 Å². The van der Waals surface area contributed by atoms with Gasteiger partial charge < -0.3 is 9.13 Å². The molecule has 13 rings (SSSR count). The van der Waals surface area contributed by atoms with Crippen molar-refractivity contribution in [3.63, 3.8) is 0 Å². The molecule has 0 amide bonds. The van der Waals surface area contributed by atoms with E-state index in [0.29, 0.717) is 17.5 Å². The summed E-state index contributed by atoms with van der Waals surface area (Å²) in [6.07, 6.45) is 3.92. The van der Waals surface area contributed by atoms with Crippen LogP contribution in [0.3, 0.4) is 0 Å². The van der Waals surface area contributed by atoms with E-state index >= 15 is 0 Å². The Kier molecular flexibility index (Phi) is 9.84. The second-order valence-electron chi connectivity index (χ2n) is 18.1. The van der Waals surface area contributed by atoms with Gasteiger partial charge in [0, 0.05) is 61.8 Å². The molecule has 0 aliphatic carbocycles. The van der Waals surface area contributed by atoms with Gasteiger partial charge in [-0.05, 0) is 96.8 Å². The van der Waals surface area contributed by atoms with Gasteiger partial charge in [0.2, 0.25) is 0 Å². The largest absolute Gasteiger partial charge is 0.309 e. The van der Waals surface area contributed by atoms with E-state index in [1.165, 1.54) is 54.9 Å². The lowest BCUT2D eigenvalue weighted by molar-refractivity contribution is 1.07. The third kappa shape index (κ3) is 7.04. The first-order valence-corrected chi connectivity index (χ1v) is 23.7. The summed E-state index contributed by atoms with van der Waals surface area (Å²) in [7, 11) is 0. The van der Waals surface area contributed by atoms with Crippen LogP contribution in [0.1, 0.15) is 11.1 Å². The van der Waals surface area contributed by atoms with Crippen LogP contribution in [0.15, 0.2) is 231 Å². The number of rotatable bonds is 8. The lowest BCUT2D eigenvalue weighted by Crippen LogP contribution is -2.04. The molecular weight excluding hydrogens is 853 g/mol. The van der Waals surface area contributed by atoms with Gasteiger partial charge in [-0.1, -0.05) is 169 Å². The standard InChI is InChI=1S/C64H44N6/c1-41-21-25-43(26-22-41)47-29-32-58-52(37-47)50-17-9-11-19-56(50)69(58)60-34-31-49(64-67-62(45-13-5-3-6-14-45)66-63(68-64)46-15-7-4-8-16-46)39-54(60)55-40-65-36-35-61(55)70-57-20-12-10-18-51(57)53-38-48(30-33-59(53)70)44-27-23-42(2)24-28-44/h3-40H,1-2H3. The van der Waals surface area contributed by atoms with Gasteiger partial charge in [-0.2, -0.15) is 0 Å². The van der Waals surface area contributed by atoms with E-state index in [1.807, 2.05) is 73.1 Å². The Morgan fingerprint density at radius 1 is 0.300 bits per heavy atom. The highest BCUT2D eigenvalue weighted by Crippen LogP contribution is 2.43. The second kappa shape index (κ2) is 16.8. The molecule has 0 radical (unpaired) electrons. The monoisotopic (exact) mass is 896 g/mol. The van der Waals surface area contributed by atoms with Crippen LogP contribution < -0.4 is 0 Å². The van der Waals surface area contributed by atoms with Crippen LogP contribution in [-0.4, -0.2) is 29.1 Å². The topological polar surface area (TPSA) is 61.4 Å². The second-order valence-corrected chi connectivity index (χ2v) is 18.1. The quantitative estimate of drug-likeness (QED) is 0.152. The van der Waals surface area contributed by atoms with Crippen LogP contribution in [0.4, 0.5) is 0 Å². The normalized spacial score (nSPS) is 11.6. The molecule has 0 N–H and O–H groups in total. The van der Waals surface area contributed by atoms with Gasteiger partial charge in [0.15, 0.2) is 17.5 Å². The molecule has 4 aromatic heterocycles. The van der Waals surface area contributed by atoms with Crippen molar-refractivity contribution in [2.45, 2.75) is 13.8 Å². The fraction of sp³-hybridized carbons (Fsp3) is 0.0312. The van der Waals surface area contributed by atoms with E-state index in [9.17, 15) is 0 Å². The number of para-hydroxylation sites is 2. The predicted octanol–water partition coefficient (Wildman–Crippen LogP) is 16.1. The molecule has 0 saturated heterocycles. The summed E-state index contributed by atoms with van der Waals surface area (Å²) in [4.78, 5) is 20.4. The van der Waals surface area contributed by atoms with Gasteiger partial charge in [0.25, 0.3) is 0 Å². The summed E-state index contributed by atoms with van der Waals surface area (Å²) in [5, 5.41) is 4.72. The van der Waals surface area contributed by atoms with E-state index in [-0.39, 0.29) is 0 Å². The highest BCUT2D eigenvalue weighted by Gasteiger charge is 2.23. The van der Waals surface area contributed by atoms with Crippen molar-refractivity contribution in [2.24, 2.45) is 0 Å². The molecular formula is C64H44N6. The molecule has 0 saturated carbocycles. The maximum absolute atomic E-state index is 5.21. The number of aromatic nitrogens is 6. The maximum atomic E-state index is 5.21. The van der Waals surface area contributed by atoms with Crippen molar-refractivity contribution in [3.05, 3.63) is 242 Å². The van der Waals surface area contributed by atoms with Gasteiger partial charge in [0.1, 0.15) is 0 Å². The number of hydrogen-bond donors (Lipinski definition) is 0. The summed E-state index contributed by atoms with van der Waals surface area (Å²) in [5.74, 6) is 1.80. The fourth-order valence-electron chi connectivity index (χ4n) is 10.1. The molecule has 0 aliphatic rings. The minimum absolute atomic E-state index is 0.580. The van der Waals surface area contributed by atoms with Crippen LogP contribution in [0.25, 0.3) is 123 Å². The smallest absolute Gasteiger partial charge is 0.164 e. The van der Waals surface area contributed by atoms with Crippen LogP contribution in [0.2, 0.25) is 0 Å². The maximum Gasteiger partial charge on any atom is 0.164 e. The average molecular weight is 897 g/mol. The predicted molar refractivity (Wildman–Crippen MR) is 288 cm³/mol. The Balaban J connectivity index is 1.08. The van der Waals surface area contributed by atoms with Gasteiger partial charge in [-0.25, -0.2) is 15.0 Å². The number of benzene rings is 9. The highest BCUT2D eigenvalue weighted by molar-refractivity contribution is 6.13. The van der Waals surface area contributed by atoms with Crippen molar-refractivity contribution in [1.82, 2.24) is 29.1 Å². The van der Waals surface area contributed by atoms with Crippen molar-refractivity contribution in [1.29, 1.82) is 0 Å². The molecule has 4 heterocycles. The van der Waals surface area contributed by atoms with Gasteiger partial charge in [-0.3, -0.25) is 4.98 Å². The van der Waals surface area contributed by atoms with Crippen LogP contribution >= 0.6 is 0 Å². The third-order valence-electron chi connectivity index (χ3n) is 13.6. The Hall–Kier alpha value is -9.26. The number of nitrogens with zero attached hydrogens (tertiary/aromatic N) is 6. The molecule has 6 nitrogen and oxygen atoms in total. The van der Waals surface area contributed by atoms with E-state index in [0.717, 1.165) is 61.3 Å². The Bertz CT molecular complexity index is 4060. The van der Waals surface area contributed by atoms with E-state index in [4.69, 9.17) is 19.9 Å². The zero-order valence-electron chi connectivity index (χ0n) is 38.6. The Labute approximate surface area is 405 Å². The molecule has 0 fully saturated rings. The van der Waals surface area contributed by atoms with E-state index < -0.39 is 0 Å². The first-order chi connectivity index (χ1) is 34.5. The lowest BCUT2D eigenvalue weighted by Gasteiger charge is -2.19. The minimum Gasteiger partial charge on any atom is -0.309 e. The number of pyridine rings is 1. The van der Waals surface area contributed by atoms with Gasteiger partial charge in [-0.15, -0.1) is 0 Å². The number of fused-ring (bicyclic) bond motifs is 6. The van der Waals surface area contributed by atoms with E-state index in [2.05, 4.69) is 181 Å². The summed E-state index contributed by atoms with van der Waals surface area (Å²) < 4.78 is 4.82. The van der Waals surface area contributed by atoms with Crippen molar-refractivity contribution >= 4 is 43.6 Å². The molecule has 330 valence electrons. The van der Waals surface area contributed by atoms with Crippen molar-refractivity contribution in [2.75, 3.05) is 0 Å². The van der Waals surface area contributed by atoms with Gasteiger partial charge >= 0.3 is 0 Å². The molecule has 70 heavy (non-hydrogen) atoms.